The number of rotatable bonds is 2. The summed E-state index contributed by atoms with van der Waals surface area (Å²) in [5, 5.41) is 1.02. The van der Waals surface area contributed by atoms with Gasteiger partial charge < -0.3 is 9.72 Å². The molecular formula is C11H10N2O2. The summed E-state index contributed by atoms with van der Waals surface area (Å²) in [7, 11) is 1.35. The van der Waals surface area contributed by atoms with Gasteiger partial charge in [0.15, 0.2) is 0 Å². The number of nitrogens with zero attached hydrogens (tertiary/aromatic N) is 1. The Labute approximate surface area is 86.6 Å². The van der Waals surface area contributed by atoms with Crippen molar-refractivity contribution in [3.8, 4) is 0 Å². The van der Waals surface area contributed by atoms with Crippen molar-refractivity contribution in [1.82, 2.24) is 9.97 Å². The van der Waals surface area contributed by atoms with Gasteiger partial charge in [-0.05, 0) is 23.8 Å². The van der Waals surface area contributed by atoms with Crippen LogP contribution in [0.3, 0.4) is 0 Å². The molecule has 2 heterocycles. The summed E-state index contributed by atoms with van der Waals surface area (Å²) in [4.78, 5) is 18.0. The first-order chi connectivity index (χ1) is 7.29. The second kappa shape index (κ2) is 3.96. The Bertz CT molecular complexity index is 514. The molecule has 2 aromatic rings. The number of hydrogen-bond acceptors (Lipinski definition) is 3. The molecule has 0 fully saturated rings. The molecule has 2 rings (SSSR count). The summed E-state index contributed by atoms with van der Waals surface area (Å²) in [5.41, 5.74) is 1.71. The van der Waals surface area contributed by atoms with Crippen molar-refractivity contribution in [2.45, 2.75) is 0 Å². The standard InChI is InChI=1S/C11H10N2O2/c1-15-10(14)3-2-8-6-9-4-5-12-11(9)13-7-8/h2-7H,1H3,(H,12,13). The molecule has 0 spiro atoms. The maximum Gasteiger partial charge on any atom is 0.330 e. The lowest BCUT2D eigenvalue weighted by Gasteiger charge is -1.93. The second-order valence-electron chi connectivity index (χ2n) is 3.04. The molecule has 0 aliphatic heterocycles. The molecule has 0 aromatic carbocycles. The van der Waals surface area contributed by atoms with Crippen LogP contribution in [0.1, 0.15) is 5.56 Å². The van der Waals surface area contributed by atoms with E-state index in [2.05, 4.69) is 14.7 Å². The highest BCUT2D eigenvalue weighted by molar-refractivity contribution is 5.88. The molecule has 0 radical (unpaired) electrons. The van der Waals surface area contributed by atoms with Gasteiger partial charge in [-0.15, -0.1) is 0 Å². The van der Waals surface area contributed by atoms with Crippen LogP contribution in [-0.2, 0) is 9.53 Å². The van der Waals surface area contributed by atoms with E-state index >= 15 is 0 Å². The Balaban J connectivity index is 2.28. The molecule has 76 valence electrons. The summed E-state index contributed by atoms with van der Waals surface area (Å²) in [5.74, 6) is -0.371. The molecule has 0 aliphatic carbocycles. The first-order valence-corrected chi connectivity index (χ1v) is 4.49. The number of carbonyl (C=O) groups excluding carboxylic acids is 1. The lowest BCUT2D eigenvalue weighted by molar-refractivity contribution is -0.134. The first kappa shape index (κ1) is 9.45. The number of aromatic amines is 1. The Morgan fingerprint density at radius 3 is 3.27 bits per heavy atom. The number of carbonyl (C=O) groups is 1. The van der Waals surface area contributed by atoms with Crippen molar-refractivity contribution in [2.75, 3.05) is 7.11 Å². The van der Waals surface area contributed by atoms with Crippen molar-refractivity contribution in [3.63, 3.8) is 0 Å². The predicted octanol–water partition coefficient (Wildman–Crippen LogP) is 1.75. The van der Waals surface area contributed by atoms with Crippen molar-refractivity contribution in [2.24, 2.45) is 0 Å². The van der Waals surface area contributed by atoms with Crippen LogP contribution in [0, 0.1) is 0 Å². The fourth-order valence-electron chi connectivity index (χ4n) is 1.28. The number of esters is 1. The summed E-state index contributed by atoms with van der Waals surface area (Å²) < 4.78 is 4.49. The van der Waals surface area contributed by atoms with Crippen molar-refractivity contribution in [1.29, 1.82) is 0 Å². The van der Waals surface area contributed by atoms with E-state index in [0.29, 0.717) is 0 Å². The van der Waals surface area contributed by atoms with Gasteiger partial charge in [0.1, 0.15) is 5.65 Å². The molecule has 0 bridgehead atoms. The topological polar surface area (TPSA) is 55.0 Å². The van der Waals surface area contributed by atoms with Gasteiger partial charge in [-0.1, -0.05) is 0 Å². The molecule has 2 aromatic heterocycles. The van der Waals surface area contributed by atoms with Crippen LogP contribution in [-0.4, -0.2) is 23.0 Å². The lowest BCUT2D eigenvalue weighted by Crippen LogP contribution is -1.93. The fourth-order valence-corrected chi connectivity index (χ4v) is 1.28. The van der Waals surface area contributed by atoms with Gasteiger partial charge in [0, 0.05) is 23.9 Å². The SMILES string of the molecule is COC(=O)C=Cc1cnc2[nH]ccc2c1. The van der Waals surface area contributed by atoms with Gasteiger partial charge in [0.25, 0.3) is 0 Å². The van der Waals surface area contributed by atoms with Crippen LogP contribution in [0.4, 0.5) is 0 Å². The molecule has 4 nitrogen and oxygen atoms in total. The Hall–Kier alpha value is -2.10. The number of pyridine rings is 1. The highest BCUT2D eigenvalue weighted by Gasteiger charge is 1.96. The lowest BCUT2D eigenvalue weighted by atomic mass is 10.2. The summed E-state index contributed by atoms with van der Waals surface area (Å²) in [6.45, 7) is 0. The van der Waals surface area contributed by atoms with Crippen LogP contribution in [0.25, 0.3) is 17.1 Å². The molecule has 0 unspecified atom stereocenters. The van der Waals surface area contributed by atoms with Gasteiger partial charge in [0.2, 0.25) is 0 Å². The van der Waals surface area contributed by atoms with Crippen molar-refractivity contribution in [3.05, 3.63) is 36.2 Å². The molecular weight excluding hydrogens is 192 g/mol. The number of H-pyrrole nitrogens is 1. The molecule has 1 N–H and O–H groups in total. The minimum absolute atomic E-state index is 0.371. The molecule has 0 amide bonds. The van der Waals surface area contributed by atoms with E-state index in [1.165, 1.54) is 13.2 Å². The number of methoxy groups -OCH3 is 1. The smallest absolute Gasteiger partial charge is 0.330 e. The molecule has 15 heavy (non-hydrogen) atoms. The van der Waals surface area contributed by atoms with Gasteiger partial charge in [0.05, 0.1) is 7.11 Å². The zero-order valence-corrected chi connectivity index (χ0v) is 8.23. The highest BCUT2D eigenvalue weighted by Crippen LogP contribution is 2.12. The van der Waals surface area contributed by atoms with E-state index in [-0.39, 0.29) is 5.97 Å². The number of fused-ring (bicyclic) bond motifs is 1. The highest BCUT2D eigenvalue weighted by atomic mass is 16.5. The molecule has 0 atom stereocenters. The molecule has 0 saturated heterocycles. The number of nitrogens with one attached hydrogen (secondary N) is 1. The third-order valence-corrected chi connectivity index (χ3v) is 2.03. The van der Waals surface area contributed by atoms with Crippen LogP contribution in [0.15, 0.2) is 30.6 Å². The van der Waals surface area contributed by atoms with Crippen LogP contribution < -0.4 is 0 Å². The zero-order valence-electron chi connectivity index (χ0n) is 8.23. The third kappa shape index (κ3) is 2.04. The number of aromatic nitrogens is 2. The maximum absolute atomic E-state index is 10.9. The van der Waals surface area contributed by atoms with Crippen LogP contribution >= 0.6 is 0 Å². The average Bonchev–Trinajstić information content (AvgIpc) is 2.72. The largest absolute Gasteiger partial charge is 0.466 e. The zero-order chi connectivity index (χ0) is 10.7. The van der Waals surface area contributed by atoms with Crippen LogP contribution in [0.5, 0.6) is 0 Å². The van der Waals surface area contributed by atoms with Gasteiger partial charge in [-0.2, -0.15) is 0 Å². The summed E-state index contributed by atoms with van der Waals surface area (Å²) in [6, 6.07) is 3.87. The predicted molar refractivity (Wildman–Crippen MR) is 57.1 cm³/mol. The summed E-state index contributed by atoms with van der Waals surface area (Å²) in [6.07, 6.45) is 6.56. The number of ether oxygens (including phenoxy) is 1. The van der Waals surface area contributed by atoms with E-state index < -0.39 is 0 Å². The maximum atomic E-state index is 10.9. The monoisotopic (exact) mass is 202 g/mol. The van der Waals surface area contributed by atoms with E-state index in [9.17, 15) is 4.79 Å². The van der Waals surface area contributed by atoms with E-state index in [1.807, 2.05) is 18.3 Å². The van der Waals surface area contributed by atoms with E-state index in [4.69, 9.17) is 0 Å². The van der Waals surface area contributed by atoms with Gasteiger partial charge in [-0.3, -0.25) is 0 Å². The normalized spacial score (nSPS) is 11.0. The molecule has 0 aliphatic rings. The first-order valence-electron chi connectivity index (χ1n) is 4.49. The Kier molecular flexibility index (Phi) is 2.49. The Morgan fingerprint density at radius 2 is 2.47 bits per heavy atom. The van der Waals surface area contributed by atoms with Gasteiger partial charge >= 0.3 is 5.97 Å². The molecule has 0 saturated carbocycles. The molecule has 4 heteroatoms. The van der Waals surface area contributed by atoms with E-state index in [0.717, 1.165) is 16.6 Å². The average molecular weight is 202 g/mol. The minimum Gasteiger partial charge on any atom is -0.466 e. The van der Waals surface area contributed by atoms with Crippen LogP contribution in [0.2, 0.25) is 0 Å². The summed E-state index contributed by atoms with van der Waals surface area (Å²) >= 11 is 0. The fraction of sp³-hybridized carbons (Fsp3) is 0.0909. The number of hydrogen-bond donors (Lipinski definition) is 1. The van der Waals surface area contributed by atoms with Crippen molar-refractivity contribution < 1.29 is 9.53 Å². The Morgan fingerprint density at radius 1 is 1.60 bits per heavy atom. The quantitative estimate of drug-likeness (QED) is 0.596. The van der Waals surface area contributed by atoms with Gasteiger partial charge in [-0.25, -0.2) is 9.78 Å². The third-order valence-electron chi connectivity index (χ3n) is 2.03. The minimum atomic E-state index is -0.371. The second-order valence-corrected chi connectivity index (χ2v) is 3.04. The van der Waals surface area contributed by atoms with Crippen molar-refractivity contribution >= 4 is 23.1 Å². The van der Waals surface area contributed by atoms with E-state index in [1.54, 1.807) is 12.3 Å².